The normalized spacial score (nSPS) is 10.0. The summed E-state index contributed by atoms with van der Waals surface area (Å²) >= 11 is 0. The summed E-state index contributed by atoms with van der Waals surface area (Å²) in [4.78, 5) is 2.96. The van der Waals surface area contributed by atoms with Crippen LogP contribution in [-0.4, -0.2) is 12.1 Å². The minimum absolute atomic E-state index is 0.575. The monoisotopic (exact) mass is 187 g/mol. The Bertz CT molecular complexity index is 522. The van der Waals surface area contributed by atoms with Crippen LogP contribution in [0.2, 0.25) is 0 Å². The second-order valence-corrected chi connectivity index (χ2v) is 2.95. The van der Waals surface area contributed by atoms with Gasteiger partial charge in [-0.25, -0.2) is 0 Å². The first-order chi connectivity index (χ1) is 6.76. The van der Waals surface area contributed by atoms with Gasteiger partial charge in [-0.1, -0.05) is 0 Å². The highest BCUT2D eigenvalue weighted by Crippen LogP contribution is 2.28. The minimum atomic E-state index is 0.575. The summed E-state index contributed by atoms with van der Waals surface area (Å²) in [5.41, 5.74) is 7.72. The summed E-state index contributed by atoms with van der Waals surface area (Å²) < 4.78 is 5.07. The molecule has 0 bridgehead atoms. The Morgan fingerprint density at radius 2 is 2.29 bits per heavy atom. The number of hydrogen-bond donors (Lipinski definition) is 2. The van der Waals surface area contributed by atoms with Crippen molar-refractivity contribution in [3.63, 3.8) is 0 Å². The summed E-state index contributed by atoms with van der Waals surface area (Å²) in [5.74, 6) is 0.658. The smallest absolute Gasteiger partial charge is 0.121 e. The molecule has 3 N–H and O–H groups in total. The first-order valence-corrected chi connectivity index (χ1v) is 4.11. The third kappa shape index (κ3) is 1.07. The molecule has 1 aromatic heterocycles. The van der Waals surface area contributed by atoms with E-state index in [9.17, 15) is 0 Å². The molecule has 14 heavy (non-hydrogen) atoms. The first kappa shape index (κ1) is 8.45. The lowest BCUT2D eigenvalue weighted by Gasteiger charge is -2.02. The molecule has 0 fully saturated rings. The molecule has 0 radical (unpaired) electrons. The van der Waals surface area contributed by atoms with Crippen LogP contribution in [0.25, 0.3) is 10.9 Å². The molecular formula is C10H9N3O. The van der Waals surface area contributed by atoms with Gasteiger partial charge in [0.15, 0.2) is 0 Å². The van der Waals surface area contributed by atoms with Crippen molar-refractivity contribution < 1.29 is 4.74 Å². The standard InChI is InChI=1S/C10H9N3O/c1-14-7-2-8-6(4-11)5-13-10(8)9(12)3-7/h2-3,5,13H,12H2,1H3. The molecule has 0 aliphatic carbocycles. The Morgan fingerprint density at radius 1 is 1.50 bits per heavy atom. The van der Waals surface area contributed by atoms with Crippen molar-refractivity contribution in [2.75, 3.05) is 12.8 Å². The van der Waals surface area contributed by atoms with E-state index in [1.165, 1.54) is 0 Å². The largest absolute Gasteiger partial charge is 0.497 e. The van der Waals surface area contributed by atoms with Crippen LogP contribution >= 0.6 is 0 Å². The van der Waals surface area contributed by atoms with Crippen LogP contribution < -0.4 is 10.5 Å². The molecular weight excluding hydrogens is 178 g/mol. The van der Waals surface area contributed by atoms with Crippen LogP contribution in [0, 0.1) is 11.3 Å². The number of nitrogens with zero attached hydrogens (tertiary/aromatic N) is 1. The number of H-pyrrole nitrogens is 1. The number of nitrogen functional groups attached to an aromatic ring is 1. The lowest BCUT2D eigenvalue weighted by molar-refractivity contribution is 0.415. The number of fused-ring (bicyclic) bond motifs is 1. The number of hydrogen-bond acceptors (Lipinski definition) is 3. The van der Waals surface area contributed by atoms with Crippen molar-refractivity contribution in [2.45, 2.75) is 0 Å². The quantitative estimate of drug-likeness (QED) is 0.666. The predicted octanol–water partition coefficient (Wildman–Crippen LogP) is 1.63. The molecule has 0 aliphatic heterocycles. The van der Waals surface area contributed by atoms with Gasteiger partial charge in [0.25, 0.3) is 0 Å². The lowest BCUT2D eigenvalue weighted by Crippen LogP contribution is -1.89. The zero-order valence-corrected chi connectivity index (χ0v) is 7.66. The van der Waals surface area contributed by atoms with Crippen molar-refractivity contribution in [2.24, 2.45) is 0 Å². The molecule has 2 aromatic rings. The van der Waals surface area contributed by atoms with Crippen LogP contribution in [0.1, 0.15) is 5.56 Å². The van der Waals surface area contributed by atoms with E-state index in [0.29, 0.717) is 17.0 Å². The van der Waals surface area contributed by atoms with E-state index in [0.717, 1.165) is 10.9 Å². The third-order valence-electron chi connectivity index (χ3n) is 2.15. The highest BCUT2D eigenvalue weighted by molar-refractivity contribution is 5.95. The topological polar surface area (TPSA) is 74.8 Å². The fourth-order valence-electron chi connectivity index (χ4n) is 1.44. The van der Waals surface area contributed by atoms with Gasteiger partial charge in [-0.2, -0.15) is 5.26 Å². The van der Waals surface area contributed by atoms with Crippen LogP contribution in [0.4, 0.5) is 5.69 Å². The van der Waals surface area contributed by atoms with Crippen molar-refractivity contribution in [1.82, 2.24) is 4.98 Å². The lowest BCUT2D eigenvalue weighted by atomic mass is 10.1. The molecule has 0 spiro atoms. The molecule has 0 saturated carbocycles. The number of ether oxygens (including phenoxy) is 1. The van der Waals surface area contributed by atoms with Gasteiger partial charge >= 0.3 is 0 Å². The average Bonchev–Trinajstić information content (AvgIpc) is 2.61. The molecule has 2 rings (SSSR count). The molecule has 0 atom stereocenters. The predicted molar refractivity (Wildman–Crippen MR) is 54.0 cm³/mol. The van der Waals surface area contributed by atoms with Crippen LogP contribution in [0.15, 0.2) is 18.3 Å². The van der Waals surface area contributed by atoms with Crippen molar-refractivity contribution >= 4 is 16.6 Å². The van der Waals surface area contributed by atoms with Gasteiger partial charge in [0.2, 0.25) is 0 Å². The Labute approximate surface area is 80.9 Å². The molecule has 0 aliphatic rings. The highest BCUT2D eigenvalue weighted by atomic mass is 16.5. The number of aromatic nitrogens is 1. The first-order valence-electron chi connectivity index (χ1n) is 4.11. The molecule has 1 aromatic carbocycles. The summed E-state index contributed by atoms with van der Waals surface area (Å²) in [7, 11) is 1.57. The van der Waals surface area contributed by atoms with Crippen molar-refractivity contribution in [3.05, 3.63) is 23.9 Å². The van der Waals surface area contributed by atoms with Gasteiger partial charge in [-0.15, -0.1) is 0 Å². The summed E-state index contributed by atoms with van der Waals surface area (Å²) in [5, 5.41) is 9.62. The van der Waals surface area contributed by atoms with E-state index in [1.54, 1.807) is 25.4 Å². The van der Waals surface area contributed by atoms with Gasteiger partial charge in [0.05, 0.1) is 23.9 Å². The number of nitriles is 1. The zero-order valence-electron chi connectivity index (χ0n) is 7.66. The van der Waals surface area contributed by atoms with E-state index in [1.807, 2.05) is 0 Å². The molecule has 1 heterocycles. The number of rotatable bonds is 1. The maximum absolute atomic E-state index is 8.83. The maximum Gasteiger partial charge on any atom is 0.121 e. The fourth-order valence-corrected chi connectivity index (χ4v) is 1.44. The molecule has 0 unspecified atom stereocenters. The minimum Gasteiger partial charge on any atom is -0.497 e. The Kier molecular flexibility index (Phi) is 1.79. The number of benzene rings is 1. The second-order valence-electron chi connectivity index (χ2n) is 2.95. The maximum atomic E-state index is 8.83. The second kappa shape index (κ2) is 2.96. The van der Waals surface area contributed by atoms with E-state index < -0.39 is 0 Å². The Balaban J connectivity index is 2.82. The van der Waals surface area contributed by atoms with Gasteiger partial charge < -0.3 is 15.5 Å². The number of nitrogens with one attached hydrogen (secondary N) is 1. The Hall–Kier alpha value is -2.15. The number of aromatic amines is 1. The van der Waals surface area contributed by atoms with Crippen molar-refractivity contribution in [3.8, 4) is 11.8 Å². The molecule has 0 amide bonds. The van der Waals surface area contributed by atoms with Gasteiger partial charge in [-0.3, -0.25) is 0 Å². The summed E-state index contributed by atoms with van der Waals surface area (Å²) in [6.07, 6.45) is 1.64. The average molecular weight is 187 g/mol. The SMILES string of the molecule is COc1cc(N)c2[nH]cc(C#N)c2c1. The van der Waals surface area contributed by atoms with E-state index >= 15 is 0 Å². The summed E-state index contributed by atoms with van der Waals surface area (Å²) in [6.45, 7) is 0. The molecule has 4 nitrogen and oxygen atoms in total. The van der Waals surface area contributed by atoms with Crippen LogP contribution in [0.5, 0.6) is 5.75 Å². The fraction of sp³-hybridized carbons (Fsp3) is 0.100. The van der Waals surface area contributed by atoms with Crippen LogP contribution in [-0.2, 0) is 0 Å². The van der Waals surface area contributed by atoms with Crippen LogP contribution in [0.3, 0.4) is 0 Å². The van der Waals surface area contributed by atoms with Gasteiger partial charge in [0.1, 0.15) is 11.8 Å². The Morgan fingerprint density at radius 3 is 2.93 bits per heavy atom. The number of nitrogens with two attached hydrogens (primary N) is 1. The molecule has 4 heteroatoms. The van der Waals surface area contributed by atoms with Gasteiger partial charge in [0, 0.05) is 17.6 Å². The van der Waals surface area contributed by atoms with E-state index in [2.05, 4.69) is 11.1 Å². The van der Waals surface area contributed by atoms with E-state index in [-0.39, 0.29) is 0 Å². The van der Waals surface area contributed by atoms with Gasteiger partial charge in [-0.05, 0) is 6.07 Å². The molecule has 0 saturated heterocycles. The van der Waals surface area contributed by atoms with E-state index in [4.69, 9.17) is 15.7 Å². The van der Waals surface area contributed by atoms with Crippen molar-refractivity contribution in [1.29, 1.82) is 5.26 Å². The summed E-state index contributed by atoms with van der Waals surface area (Å²) in [6, 6.07) is 5.60. The number of methoxy groups -OCH3 is 1. The number of anilines is 1. The highest BCUT2D eigenvalue weighted by Gasteiger charge is 2.07. The zero-order chi connectivity index (χ0) is 10.1. The third-order valence-corrected chi connectivity index (χ3v) is 2.15. The molecule has 70 valence electrons.